The summed E-state index contributed by atoms with van der Waals surface area (Å²) in [7, 11) is 0. The van der Waals surface area contributed by atoms with Crippen molar-refractivity contribution in [3.63, 3.8) is 0 Å². The molecule has 1 aromatic rings. The fourth-order valence-electron chi connectivity index (χ4n) is 1.26. The van der Waals surface area contributed by atoms with Gasteiger partial charge in [0.2, 0.25) is 0 Å². The Hall–Kier alpha value is -0.511. The topological polar surface area (TPSA) is 29.1 Å². The number of nitrogens with one attached hydrogen (secondary N) is 1. The second-order valence-electron chi connectivity index (χ2n) is 4.51. The molecule has 1 aromatic carbocycles. The first kappa shape index (κ1) is 11.6. The Morgan fingerprint density at radius 3 is 2.00 bits per heavy atom. The van der Waals surface area contributed by atoms with E-state index in [-0.39, 0.29) is 5.91 Å². The Morgan fingerprint density at radius 2 is 1.64 bits per heavy atom. The van der Waals surface area contributed by atoms with E-state index in [0.29, 0.717) is 0 Å². The molecular formula is C11H17NOSn. The number of anilines is 1. The summed E-state index contributed by atoms with van der Waals surface area (Å²) in [5.74, 6) is -0.0166. The van der Waals surface area contributed by atoms with Gasteiger partial charge in [-0.15, -0.1) is 0 Å². The molecule has 0 bridgehead atoms. The maximum absolute atomic E-state index is 10.8. The van der Waals surface area contributed by atoms with Gasteiger partial charge in [0.1, 0.15) is 0 Å². The number of benzene rings is 1. The molecule has 1 rings (SSSR count). The number of rotatable bonds is 2. The van der Waals surface area contributed by atoms with Crippen LogP contribution in [0, 0.1) is 0 Å². The van der Waals surface area contributed by atoms with Crippen LogP contribution < -0.4 is 8.90 Å². The van der Waals surface area contributed by atoms with Crippen LogP contribution in [-0.4, -0.2) is 24.3 Å². The van der Waals surface area contributed by atoms with Crippen LogP contribution in [0.15, 0.2) is 24.3 Å². The monoisotopic (exact) mass is 299 g/mol. The Balaban J connectivity index is 2.84. The van der Waals surface area contributed by atoms with Crippen molar-refractivity contribution in [1.29, 1.82) is 0 Å². The Morgan fingerprint density at radius 1 is 1.14 bits per heavy atom. The molecular weight excluding hydrogens is 281 g/mol. The van der Waals surface area contributed by atoms with Gasteiger partial charge >= 0.3 is 89.7 Å². The molecule has 0 aliphatic heterocycles. The summed E-state index contributed by atoms with van der Waals surface area (Å²) in [4.78, 5) is 17.9. The Kier molecular flexibility index (Phi) is 3.58. The van der Waals surface area contributed by atoms with E-state index in [2.05, 4.69) is 32.3 Å². The van der Waals surface area contributed by atoms with Crippen molar-refractivity contribution in [3.8, 4) is 0 Å². The summed E-state index contributed by atoms with van der Waals surface area (Å²) in [6.45, 7) is 1.52. The molecule has 0 unspecified atom stereocenters. The molecule has 1 N–H and O–H groups in total. The molecule has 0 atom stereocenters. The van der Waals surface area contributed by atoms with E-state index in [1.165, 1.54) is 10.5 Å². The second kappa shape index (κ2) is 4.34. The molecule has 0 aromatic heterocycles. The van der Waals surface area contributed by atoms with Crippen LogP contribution in [0.2, 0.25) is 14.8 Å². The summed E-state index contributed by atoms with van der Waals surface area (Å²) in [5.41, 5.74) is 0.886. The van der Waals surface area contributed by atoms with Crippen molar-refractivity contribution in [2.75, 3.05) is 5.32 Å². The average Bonchev–Trinajstić information content (AvgIpc) is 2.02. The van der Waals surface area contributed by atoms with Crippen LogP contribution in [0.4, 0.5) is 5.69 Å². The van der Waals surface area contributed by atoms with E-state index >= 15 is 0 Å². The zero-order valence-electron chi connectivity index (χ0n) is 9.22. The van der Waals surface area contributed by atoms with Gasteiger partial charge in [0.15, 0.2) is 0 Å². The molecule has 0 aliphatic rings. The zero-order chi connectivity index (χ0) is 10.8. The standard InChI is InChI=1S/C8H8NO.3CH3.Sn/c1-7(10)9-8-5-3-2-4-6-8;;;;/h3-6H,1H3,(H,9,10);3*1H3;. The second-order valence-corrected chi connectivity index (χ2v) is 19.0. The van der Waals surface area contributed by atoms with Crippen molar-refractivity contribution in [2.45, 2.75) is 21.7 Å². The van der Waals surface area contributed by atoms with E-state index in [4.69, 9.17) is 0 Å². The molecule has 0 aliphatic carbocycles. The van der Waals surface area contributed by atoms with Crippen LogP contribution in [0.3, 0.4) is 0 Å². The van der Waals surface area contributed by atoms with Gasteiger partial charge in [0.05, 0.1) is 0 Å². The van der Waals surface area contributed by atoms with E-state index in [1.54, 1.807) is 0 Å². The molecule has 14 heavy (non-hydrogen) atoms. The third kappa shape index (κ3) is 3.33. The molecule has 2 nitrogen and oxygen atoms in total. The van der Waals surface area contributed by atoms with E-state index < -0.39 is 18.4 Å². The van der Waals surface area contributed by atoms with E-state index in [0.717, 1.165) is 5.69 Å². The summed E-state index contributed by atoms with van der Waals surface area (Å²) < 4.78 is 1.48. The first-order valence-electron chi connectivity index (χ1n) is 4.78. The van der Waals surface area contributed by atoms with E-state index in [1.807, 2.05) is 12.1 Å². The molecule has 0 heterocycles. The van der Waals surface area contributed by atoms with Crippen molar-refractivity contribution in [2.24, 2.45) is 0 Å². The van der Waals surface area contributed by atoms with Crippen LogP contribution in [0.25, 0.3) is 0 Å². The molecule has 3 heteroatoms. The third-order valence-electron chi connectivity index (χ3n) is 2.07. The van der Waals surface area contributed by atoms with Crippen LogP contribution >= 0.6 is 0 Å². The van der Waals surface area contributed by atoms with Gasteiger partial charge in [-0.2, -0.15) is 0 Å². The first-order valence-corrected chi connectivity index (χ1v) is 14.8. The number of carbonyl (C=O) groups excluding carboxylic acids is 1. The van der Waals surface area contributed by atoms with Crippen molar-refractivity contribution in [1.82, 2.24) is 0 Å². The summed E-state index contributed by atoms with van der Waals surface area (Å²) >= 11 is -1.91. The van der Waals surface area contributed by atoms with E-state index in [9.17, 15) is 4.79 Å². The number of carbonyl (C=O) groups is 1. The van der Waals surface area contributed by atoms with Gasteiger partial charge in [-0.05, 0) is 0 Å². The number of hydrogen-bond acceptors (Lipinski definition) is 1. The van der Waals surface area contributed by atoms with Crippen molar-refractivity contribution >= 4 is 33.6 Å². The van der Waals surface area contributed by atoms with Gasteiger partial charge < -0.3 is 0 Å². The minimum absolute atomic E-state index is 0.0166. The van der Waals surface area contributed by atoms with Crippen LogP contribution in [0.5, 0.6) is 0 Å². The quantitative estimate of drug-likeness (QED) is 0.833. The fourth-order valence-corrected chi connectivity index (χ4v) is 4.59. The molecule has 0 saturated carbocycles. The SMILES string of the molecule is CC(=O)Nc1cc[c]([Sn]([CH3])([CH3])[CH3])cc1. The van der Waals surface area contributed by atoms with Gasteiger partial charge in [-0.25, -0.2) is 0 Å². The zero-order valence-corrected chi connectivity index (χ0v) is 12.1. The number of amides is 1. The predicted molar refractivity (Wildman–Crippen MR) is 63.7 cm³/mol. The molecule has 0 fully saturated rings. The predicted octanol–water partition coefficient (Wildman–Crippen LogP) is 2.19. The summed E-state index contributed by atoms with van der Waals surface area (Å²) in [6, 6.07) is 8.25. The van der Waals surface area contributed by atoms with Crippen molar-refractivity contribution in [3.05, 3.63) is 24.3 Å². The normalized spacial score (nSPS) is 11.1. The summed E-state index contributed by atoms with van der Waals surface area (Å²) in [5, 5.41) is 2.77. The van der Waals surface area contributed by atoms with Gasteiger partial charge in [-0.3, -0.25) is 0 Å². The summed E-state index contributed by atoms with van der Waals surface area (Å²) in [6.07, 6.45) is 0. The maximum atomic E-state index is 10.8. The van der Waals surface area contributed by atoms with Crippen molar-refractivity contribution < 1.29 is 4.79 Å². The minimum atomic E-state index is -1.91. The average molecular weight is 298 g/mol. The first-order chi connectivity index (χ1) is 6.39. The molecule has 0 saturated heterocycles. The fraction of sp³-hybridized carbons (Fsp3) is 0.364. The van der Waals surface area contributed by atoms with Crippen LogP contribution in [0.1, 0.15) is 6.92 Å². The molecule has 0 spiro atoms. The van der Waals surface area contributed by atoms with Gasteiger partial charge in [0, 0.05) is 0 Å². The van der Waals surface area contributed by atoms with Crippen LogP contribution in [-0.2, 0) is 4.79 Å². The Labute approximate surface area is 89.6 Å². The van der Waals surface area contributed by atoms with Gasteiger partial charge in [-0.1, -0.05) is 0 Å². The third-order valence-corrected chi connectivity index (χ3v) is 7.97. The molecule has 0 radical (unpaired) electrons. The Bertz CT molecular complexity index is 324. The molecule has 1 amide bonds. The van der Waals surface area contributed by atoms with Gasteiger partial charge in [0.25, 0.3) is 0 Å². The number of hydrogen-bond donors (Lipinski definition) is 1. The molecule has 76 valence electrons.